The van der Waals surface area contributed by atoms with E-state index in [1.165, 1.54) is 0 Å². The van der Waals surface area contributed by atoms with Crippen molar-refractivity contribution in [2.45, 2.75) is 12.8 Å². The van der Waals surface area contributed by atoms with Crippen molar-refractivity contribution in [2.75, 3.05) is 13.1 Å². The number of aliphatic carboxylic acids is 1. The van der Waals surface area contributed by atoms with Crippen molar-refractivity contribution in [1.29, 1.82) is 0 Å². The standard InChI is InChI=1S/C16H17ClN2O3/c1-18-12-7-3-2-6-11(12)13(17)14(18)15(20)19-8-4-5-10(9-19)16(21)22/h2-3,6-7,10H,4-5,8-9H2,1H3,(H,21,22). The number of benzene rings is 1. The summed E-state index contributed by atoms with van der Waals surface area (Å²) >= 11 is 6.39. The number of amides is 1. The van der Waals surface area contributed by atoms with Crippen LogP contribution in [0.4, 0.5) is 0 Å². The Morgan fingerprint density at radius 1 is 1.32 bits per heavy atom. The van der Waals surface area contributed by atoms with E-state index in [1.54, 1.807) is 16.5 Å². The number of hydrogen-bond donors (Lipinski definition) is 1. The number of carboxylic acid groups (broad SMARTS) is 1. The molecule has 1 atom stereocenters. The molecule has 1 aromatic heterocycles. The number of nitrogens with zero attached hydrogens (tertiary/aromatic N) is 2. The van der Waals surface area contributed by atoms with Crippen molar-refractivity contribution in [3.8, 4) is 0 Å². The number of piperidine rings is 1. The van der Waals surface area contributed by atoms with Gasteiger partial charge >= 0.3 is 5.97 Å². The Balaban J connectivity index is 1.97. The summed E-state index contributed by atoms with van der Waals surface area (Å²) in [5, 5.41) is 10.4. The number of aromatic nitrogens is 1. The van der Waals surface area contributed by atoms with E-state index in [0.29, 0.717) is 30.1 Å². The van der Waals surface area contributed by atoms with Gasteiger partial charge in [0.2, 0.25) is 0 Å². The maximum atomic E-state index is 12.8. The summed E-state index contributed by atoms with van der Waals surface area (Å²) in [6.45, 7) is 0.812. The summed E-state index contributed by atoms with van der Waals surface area (Å²) in [4.78, 5) is 25.6. The first-order valence-corrected chi connectivity index (χ1v) is 7.63. The highest BCUT2D eigenvalue weighted by molar-refractivity contribution is 6.38. The van der Waals surface area contributed by atoms with Crippen molar-refractivity contribution in [3.63, 3.8) is 0 Å². The molecule has 1 unspecified atom stereocenters. The fraction of sp³-hybridized carbons (Fsp3) is 0.375. The van der Waals surface area contributed by atoms with Gasteiger partial charge in [0.15, 0.2) is 0 Å². The smallest absolute Gasteiger partial charge is 0.308 e. The summed E-state index contributed by atoms with van der Waals surface area (Å²) in [6.07, 6.45) is 1.31. The van der Waals surface area contributed by atoms with Crippen molar-refractivity contribution in [3.05, 3.63) is 35.0 Å². The number of halogens is 1. The quantitative estimate of drug-likeness (QED) is 0.925. The maximum Gasteiger partial charge on any atom is 0.308 e. The van der Waals surface area contributed by atoms with E-state index in [9.17, 15) is 9.59 Å². The Bertz CT molecular complexity index is 714. The SMILES string of the molecule is Cn1c(C(=O)N2CCCC(C(=O)O)C2)c(Cl)c2ccccc21. The highest BCUT2D eigenvalue weighted by Crippen LogP contribution is 2.31. The minimum absolute atomic E-state index is 0.199. The second-order valence-corrected chi connectivity index (χ2v) is 6.05. The average Bonchev–Trinajstić information content (AvgIpc) is 2.79. The molecule has 5 nitrogen and oxygen atoms in total. The van der Waals surface area contributed by atoms with Gasteiger partial charge in [-0.05, 0) is 18.9 Å². The number of carbonyl (C=O) groups excluding carboxylic acids is 1. The molecule has 0 spiro atoms. The lowest BCUT2D eigenvalue weighted by molar-refractivity contribution is -0.143. The average molecular weight is 321 g/mol. The predicted molar refractivity (Wildman–Crippen MR) is 84.2 cm³/mol. The molecule has 0 saturated carbocycles. The number of hydrogen-bond acceptors (Lipinski definition) is 2. The van der Waals surface area contributed by atoms with Crippen LogP contribution in [-0.4, -0.2) is 39.5 Å². The molecule has 1 amide bonds. The van der Waals surface area contributed by atoms with E-state index in [4.69, 9.17) is 16.7 Å². The third-order valence-corrected chi connectivity index (χ3v) is 4.69. The summed E-state index contributed by atoms with van der Waals surface area (Å²) < 4.78 is 1.78. The zero-order valence-corrected chi connectivity index (χ0v) is 13.0. The number of para-hydroxylation sites is 1. The van der Waals surface area contributed by atoms with Crippen LogP contribution in [-0.2, 0) is 11.8 Å². The van der Waals surface area contributed by atoms with Gasteiger partial charge in [0.25, 0.3) is 5.91 Å². The van der Waals surface area contributed by atoms with E-state index in [2.05, 4.69) is 0 Å². The summed E-state index contributed by atoms with van der Waals surface area (Å²) in [5.74, 6) is -1.54. The molecule has 22 heavy (non-hydrogen) atoms. The van der Waals surface area contributed by atoms with Gasteiger partial charge in [0.05, 0.1) is 10.9 Å². The fourth-order valence-corrected chi connectivity index (χ4v) is 3.46. The van der Waals surface area contributed by atoms with Crippen molar-refractivity contribution >= 4 is 34.4 Å². The van der Waals surface area contributed by atoms with Gasteiger partial charge in [-0.2, -0.15) is 0 Å². The van der Waals surface area contributed by atoms with Gasteiger partial charge in [-0.25, -0.2) is 0 Å². The van der Waals surface area contributed by atoms with Crippen LogP contribution in [0.25, 0.3) is 10.9 Å². The van der Waals surface area contributed by atoms with Crippen LogP contribution in [0.1, 0.15) is 23.3 Å². The number of carboxylic acids is 1. The molecule has 1 aromatic carbocycles. The normalized spacial score (nSPS) is 18.6. The molecule has 0 bridgehead atoms. The highest BCUT2D eigenvalue weighted by Gasteiger charge is 2.31. The van der Waals surface area contributed by atoms with Crippen LogP contribution >= 0.6 is 11.6 Å². The molecule has 0 aliphatic carbocycles. The third-order valence-electron chi connectivity index (χ3n) is 4.31. The van der Waals surface area contributed by atoms with Crippen LogP contribution < -0.4 is 0 Å². The van der Waals surface area contributed by atoms with Crippen LogP contribution in [0.5, 0.6) is 0 Å². The van der Waals surface area contributed by atoms with Crippen molar-refractivity contribution in [1.82, 2.24) is 9.47 Å². The molecular weight excluding hydrogens is 304 g/mol. The second kappa shape index (κ2) is 5.65. The van der Waals surface area contributed by atoms with E-state index in [0.717, 1.165) is 10.9 Å². The molecular formula is C16H17ClN2O3. The summed E-state index contributed by atoms with van der Waals surface area (Å²) in [5.41, 5.74) is 1.32. The second-order valence-electron chi connectivity index (χ2n) is 5.67. The number of likely N-dealkylation sites (tertiary alicyclic amines) is 1. The minimum Gasteiger partial charge on any atom is -0.481 e. The largest absolute Gasteiger partial charge is 0.481 e. The molecule has 116 valence electrons. The topological polar surface area (TPSA) is 62.5 Å². The predicted octanol–water partition coefficient (Wildman–Crippen LogP) is 2.77. The Labute approximate surface area is 133 Å². The van der Waals surface area contributed by atoms with E-state index in [-0.39, 0.29) is 12.5 Å². The summed E-state index contributed by atoms with van der Waals surface area (Å²) in [6, 6.07) is 7.57. The Morgan fingerprint density at radius 3 is 2.73 bits per heavy atom. The molecule has 1 fully saturated rings. The zero-order chi connectivity index (χ0) is 15.9. The lowest BCUT2D eigenvalue weighted by Gasteiger charge is -2.30. The van der Waals surface area contributed by atoms with E-state index >= 15 is 0 Å². The molecule has 6 heteroatoms. The van der Waals surface area contributed by atoms with Crippen LogP contribution in [0.2, 0.25) is 5.02 Å². The molecule has 1 saturated heterocycles. The molecule has 3 rings (SSSR count). The number of carbonyl (C=O) groups is 2. The van der Waals surface area contributed by atoms with Gasteiger partial charge < -0.3 is 14.6 Å². The van der Waals surface area contributed by atoms with Gasteiger partial charge in [-0.15, -0.1) is 0 Å². The Morgan fingerprint density at radius 2 is 2.05 bits per heavy atom. The Hall–Kier alpha value is -2.01. The minimum atomic E-state index is -0.847. The first kappa shape index (κ1) is 14.9. The Kier molecular flexibility index (Phi) is 3.83. The zero-order valence-electron chi connectivity index (χ0n) is 12.3. The molecule has 1 aliphatic heterocycles. The van der Waals surface area contributed by atoms with Gasteiger partial charge in [0.1, 0.15) is 5.69 Å². The molecule has 1 aliphatic rings. The number of aryl methyl sites for hydroxylation is 1. The monoisotopic (exact) mass is 320 g/mol. The lowest BCUT2D eigenvalue weighted by Crippen LogP contribution is -2.42. The van der Waals surface area contributed by atoms with Crippen LogP contribution in [0.15, 0.2) is 24.3 Å². The molecule has 2 heterocycles. The third kappa shape index (κ3) is 2.35. The van der Waals surface area contributed by atoms with Gasteiger partial charge in [-0.3, -0.25) is 9.59 Å². The molecule has 0 radical (unpaired) electrons. The molecule has 1 N–H and O–H groups in total. The number of rotatable bonds is 2. The van der Waals surface area contributed by atoms with Crippen LogP contribution in [0, 0.1) is 5.92 Å². The first-order chi connectivity index (χ1) is 10.5. The van der Waals surface area contributed by atoms with Gasteiger partial charge in [-0.1, -0.05) is 29.8 Å². The maximum absolute atomic E-state index is 12.8. The van der Waals surface area contributed by atoms with Crippen molar-refractivity contribution in [2.24, 2.45) is 13.0 Å². The first-order valence-electron chi connectivity index (χ1n) is 7.25. The van der Waals surface area contributed by atoms with E-state index < -0.39 is 11.9 Å². The van der Waals surface area contributed by atoms with Gasteiger partial charge in [0, 0.05) is 31.0 Å². The summed E-state index contributed by atoms with van der Waals surface area (Å²) in [7, 11) is 1.81. The molecule has 2 aromatic rings. The fourth-order valence-electron chi connectivity index (χ4n) is 3.10. The number of fused-ring (bicyclic) bond motifs is 1. The lowest BCUT2D eigenvalue weighted by atomic mass is 9.98. The highest BCUT2D eigenvalue weighted by atomic mass is 35.5. The van der Waals surface area contributed by atoms with Crippen molar-refractivity contribution < 1.29 is 14.7 Å². The van der Waals surface area contributed by atoms with E-state index in [1.807, 2.05) is 24.3 Å². The van der Waals surface area contributed by atoms with Crippen LogP contribution in [0.3, 0.4) is 0 Å².